The van der Waals surface area contributed by atoms with Crippen LogP contribution in [0.3, 0.4) is 0 Å². The van der Waals surface area contributed by atoms with Crippen LogP contribution in [0.1, 0.15) is 11.1 Å². The van der Waals surface area contributed by atoms with Gasteiger partial charge in [-0.2, -0.15) is 0 Å². The van der Waals surface area contributed by atoms with Crippen molar-refractivity contribution in [3.8, 4) is 22.9 Å². The maximum Gasteiger partial charge on any atom is 0.259 e. The van der Waals surface area contributed by atoms with Gasteiger partial charge >= 0.3 is 0 Å². The Morgan fingerprint density at radius 3 is 2.68 bits per heavy atom. The topological polar surface area (TPSA) is 75.2 Å². The number of aromatic hydroxyl groups is 1. The summed E-state index contributed by atoms with van der Waals surface area (Å²) in [6, 6.07) is 8.88. The zero-order valence-corrected chi connectivity index (χ0v) is 12.6. The number of aromatic amines is 1. The van der Waals surface area contributed by atoms with Gasteiger partial charge in [0.2, 0.25) is 0 Å². The van der Waals surface area contributed by atoms with Gasteiger partial charge in [0, 0.05) is 0 Å². The van der Waals surface area contributed by atoms with E-state index < -0.39 is 0 Å². The molecule has 22 heavy (non-hydrogen) atoms. The number of nitrogens with one attached hydrogen (secondary N) is 1. The lowest BCUT2D eigenvalue weighted by molar-refractivity contribution is 0.371. The van der Waals surface area contributed by atoms with E-state index in [-0.39, 0.29) is 11.3 Å². The number of aromatic nitrogens is 2. The molecule has 3 aromatic rings. The molecule has 3 rings (SSSR count). The number of H-pyrrole nitrogens is 1. The quantitative estimate of drug-likeness (QED) is 0.762. The number of para-hydroxylation sites is 1. The number of phenols is 1. The van der Waals surface area contributed by atoms with Crippen molar-refractivity contribution in [1.29, 1.82) is 0 Å². The molecule has 0 fully saturated rings. The molecule has 5 heteroatoms. The molecule has 0 aliphatic rings. The van der Waals surface area contributed by atoms with Crippen molar-refractivity contribution >= 4 is 10.9 Å². The lowest BCUT2D eigenvalue weighted by atomic mass is 10.0. The molecule has 0 saturated heterocycles. The summed E-state index contributed by atoms with van der Waals surface area (Å²) in [4.78, 5) is 19.3. The van der Waals surface area contributed by atoms with Crippen molar-refractivity contribution in [3.63, 3.8) is 0 Å². The summed E-state index contributed by atoms with van der Waals surface area (Å²) in [5.74, 6) is 0.692. The molecule has 1 heterocycles. The Morgan fingerprint density at radius 1 is 1.23 bits per heavy atom. The zero-order chi connectivity index (χ0) is 15.9. The van der Waals surface area contributed by atoms with Gasteiger partial charge < -0.3 is 14.8 Å². The molecule has 0 spiro atoms. The summed E-state index contributed by atoms with van der Waals surface area (Å²) >= 11 is 0. The SMILES string of the molecule is COc1c(C)c(C)cc(-c2nc3ccccc3c(=O)[nH]2)c1O. The normalized spacial score (nSPS) is 10.9. The Kier molecular flexibility index (Phi) is 3.33. The minimum Gasteiger partial charge on any atom is -0.504 e. The fourth-order valence-corrected chi connectivity index (χ4v) is 2.52. The fraction of sp³-hybridized carbons (Fsp3) is 0.176. The third-order valence-corrected chi connectivity index (χ3v) is 3.84. The van der Waals surface area contributed by atoms with Crippen molar-refractivity contribution in [1.82, 2.24) is 9.97 Å². The van der Waals surface area contributed by atoms with Crippen LogP contribution >= 0.6 is 0 Å². The third kappa shape index (κ3) is 2.11. The lowest BCUT2D eigenvalue weighted by Crippen LogP contribution is -2.09. The molecule has 0 amide bonds. The molecule has 112 valence electrons. The first-order valence-corrected chi connectivity index (χ1v) is 6.89. The summed E-state index contributed by atoms with van der Waals surface area (Å²) in [7, 11) is 1.50. The first-order chi connectivity index (χ1) is 10.5. The number of aryl methyl sites for hydroxylation is 1. The molecule has 0 unspecified atom stereocenters. The Bertz CT molecular complexity index is 929. The van der Waals surface area contributed by atoms with Gasteiger partial charge in [-0.05, 0) is 43.2 Å². The number of phenolic OH excluding ortho intramolecular Hbond substituents is 1. The van der Waals surface area contributed by atoms with Gasteiger partial charge in [0.15, 0.2) is 11.5 Å². The van der Waals surface area contributed by atoms with Crippen molar-refractivity contribution in [2.75, 3.05) is 7.11 Å². The highest BCUT2D eigenvalue weighted by Crippen LogP contribution is 2.39. The van der Waals surface area contributed by atoms with Gasteiger partial charge in [0.25, 0.3) is 5.56 Å². The van der Waals surface area contributed by atoms with Crippen molar-refractivity contribution in [2.45, 2.75) is 13.8 Å². The summed E-state index contributed by atoms with van der Waals surface area (Å²) in [5.41, 5.74) is 2.59. The first-order valence-electron chi connectivity index (χ1n) is 6.89. The number of rotatable bonds is 2. The van der Waals surface area contributed by atoms with Crippen LogP contribution in [0.4, 0.5) is 0 Å². The monoisotopic (exact) mass is 296 g/mol. The van der Waals surface area contributed by atoms with Gasteiger partial charge in [-0.15, -0.1) is 0 Å². The van der Waals surface area contributed by atoms with Crippen LogP contribution in [0.5, 0.6) is 11.5 Å². The van der Waals surface area contributed by atoms with Crippen LogP contribution in [-0.4, -0.2) is 22.2 Å². The second kappa shape index (κ2) is 5.18. The van der Waals surface area contributed by atoms with E-state index >= 15 is 0 Å². The summed E-state index contributed by atoms with van der Waals surface area (Å²) in [6.45, 7) is 3.79. The molecule has 0 atom stereocenters. The van der Waals surface area contributed by atoms with E-state index in [9.17, 15) is 9.90 Å². The summed E-state index contributed by atoms with van der Waals surface area (Å²) in [6.07, 6.45) is 0. The lowest BCUT2D eigenvalue weighted by Gasteiger charge is -2.14. The van der Waals surface area contributed by atoms with Crippen molar-refractivity contribution < 1.29 is 9.84 Å². The van der Waals surface area contributed by atoms with Crippen LogP contribution < -0.4 is 10.3 Å². The Balaban J connectivity index is 2.33. The van der Waals surface area contributed by atoms with E-state index in [2.05, 4.69) is 9.97 Å². The molecule has 5 nitrogen and oxygen atoms in total. The van der Waals surface area contributed by atoms with Crippen molar-refractivity contribution in [3.05, 3.63) is 51.8 Å². The van der Waals surface area contributed by atoms with Gasteiger partial charge in [-0.1, -0.05) is 12.1 Å². The number of ether oxygens (including phenoxy) is 1. The average molecular weight is 296 g/mol. The highest BCUT2D eigenvalue weighted by molar-refractivity contribution is 5.81. The number of hydrogen-bond donors (Lipinski definition) is 2. The standard InChI is InChI=1S/C17H16N2O3/c1-9-8-12(14(20)15(22-3)10(9)2)16-18-13-7-5-4-6-11(13)17(21)19-16/h4-8,20H,1-3H3,(H,18,19,21). The maximum absolute atomic E-state index is 12.2. The van der Waals surface area contributed by atoms with Gasteiger partial charge in [0.1, 0.15) is 5.82 Å². The van der Waals surface area contributed by atoms with E-state index in [0.29, 0.717) is 28.0 Å². The third-order valence-electron chi connectivity index (χ3n) is 3.84. The smallest absolute Gasteiger partial charge is 0.259 e. The molecule has 2 N–H and O–H groups in total. The highest BCUT2D eigenvalue weighted by Gasteiger charge is 2.17. The molecule has 0 saturated carbocycles. The molecule has 0 aliphatic carbocycles. The first kappa shape index (κ1) is 14.1. The van der Waals surface area contributed by atoms with Crippen LogP contribution in [0.2, 0.25) is 0 Å². The molecule has 1 aromatic heterocycles. The Labute approximate surface area is 127 Å². The summed E-state index contributed by atoms with van der Waals surface area (Å²) in [5, 5.41) is 10.9. The van der Waals surface area contributed by atoms with Gasteiger partial charge in [-0.25, -0.2) is 4.98 Å². The molecular formula is C17H16N2O3. The van der Waals surface area contributed by atoms with Gasteiger partial charge in [-0.3, -0.25) is 4.79 Å². The number of benzene rings is 2. The fourth-order valence-electron chi connectivity index (χ4n) is 2.52. The molecule has 0 aliphatic heterocycles. The van der Waals surface area contributed by atoms with Crippen molar-refractivity contribution in [2.24, 2.45) is 0 Å². The molecular weight excluding hydrogens is 280 g/mol. The van der Waals surface area contributed by atoms with Crippen LogP contribution in [-0.2, 0) is 0 Å². The maximum atomic E-state index is 12.2. The predicted molar refractivity (Wildman–Crippen MR) is 85.5 cm³/mol. The molecule has 2 aromatic carbocycles. The Morgan fingerprint density at radius 2 is 1.95 bits per heavy atom. The van der Waals surface area contributed by atoms with E-state index in [1.807, 2.05) is 19.9 Å². The van der Waals surface area contributed by atoms with E-state index in [1.165, 1.54) is 7.11 Å². The Hall–Kier alpha value is -2.82. The van der Waals surface area contributed by atoms with Crippen LogP contribution in [0, 0.1) is 13.8 Å². The van der Waals surface area contributed by atoms with E-state index in [4.69, 9.17) is 4.74 Å². The largest absolute Gasteiger partial charge is 0.504 e. The van der Waals surface area contributed by atoms with Gasteiger partial charge in [0.05, 0.1) is 23.6 Å². The minimum atomic E-state index is -0.239. The van der Waals surface area contributed by atoms with E-state index in [0.717, 1.165) is 11.1 Å². The number of hydrogen-bond acceptors (Lipinski definition) is 4. The predicted octanol–water partition coefficient (Wildman–Crippen LogP) is 2.92. The highest BCUT2D eigenvalue weighted by atomic mass is 16.5. The average Bonchev–Trinajstić information content (AvgIpc) is 2.51. The van der Waals surface area contributed by atoms with Crippen LogP contribution in [0.15, 0.2) is 35.1 Å². The number of methoxy groups -OCH3 is 1. The second-order valence-electron chi connectivity index (χ2n) is 5.18. The zero-order valence-electron chi connectivity index (χ0n) is 12.6. The second-order valence-corrected chi connectivity index (χ2v) is 5.18. The summed E-state index contributed by atoms with van der Waals surface area (Å²) < 4.78 is 5.27. The van der Waals surface area contributed by atoms with E-state index in [1.54, 1.807) is 24.3 Å². The minimum absolute atomic E-state index is 0.0240. The molecule has 0 radical (unpaired) electrons. The molecule has 0 bridgehead atoms. The van der Waals surface area contributed by atoms with Crippen LogP contribution in [0.25, 0.3) is 22.3 Å². The number of fused-ring (bicyclic) bond motifs is 1. The number of nitrogens with zero attached hydrogens (tertiary/aromatic N) is 1.